The standard InChI is InChI=1S/C25H22FN3O3/c26-18-7-9-19(10-8-18)27-13-15-28(16-14-27)22(30)11-12-29-24(31)20-5-1-3-17-4-2-6-21(23(17)20)25(29)32/h1-10H,11-16H2. The number of benzene rings is 3. The second-order valence-corrected chi connectivity index (χ2v) is 8.07. The Hall–Kier alpha value is -3.74. The smallest absolute Gasteiger partial charge is 0.261 e. The van der Waals surface area contributed by atoms with Gasteiger partial charge in [0.2, 0.25) is 5.91 Å². The van der Waals surface area contributed by atoms with Crippen LogP contribution in [0.5, 0.6) is 0 Å². The van der Waals surface area contributed by atoms with Crippen LogP contribution >= 0.6 is 0 Å². The van der Waals surface area contributed by atoms with Crippen LogP contribution in [0.1, 0.15) is 27.1 Å². The van der Waals surface area contributed by atoms with E-state index >= 15 is 0 Å². The van der Waals surface area contributed by atoms with E-state index in [9.17, 15) is 18.8 Å². The lowest BCUT2D eigenvalue weighted by Gasteiger charge is -2.36. The molecule has 0 spiro atoms. The molecule has 0 aromatic heterocycles. The maximum atomic E-state index is 13.1. The molecule has 0 radical (unpaired) electrons. The van der Waals surface area contributed by atoms with Crippen LogP contribution in [0.15, 0.2) is 60.7 Å². The second-order valence-electron chi connectivity index (χ2n) is 8.07. The Morgan fingerprint density at radius 3 is 2.00 bits per heavy atom. The summed E-state index contributed by atoms with van der Waals surface area (Å²) in [5.41, 5.74) is 1.92. The topological polar surface area (TPSA) is 60.9 Å². The van der Waals surface area contributed by atoms with E-state index in [2.05, 4.69) is 4.90 Å². The summed E-state index contributed by atoms with van der Waals surface area (Å²) >= 11 is 0. The van der Waals surface area contributed by atoms with Crippen LogP contribution in [-0.4, -0.2) is 60.2 Å². The lowest BCUT2D eigenvalue weighted by molar-refractivity contribution is -0.131. The third-order valence-electron chi connectivity index (χ3n) is 6.23. The molecule has 0 aliphatic carbocycles. The minimum atomic E-state index is -0.353. The van der Waals surface area contributed by atoms with Crippen molar-refractivity contribution in [3.63, 3.8) is 0 Å². The highest BCUT2D eigenvalue weighted by Crippen LogP contribution is 2.30. The SMILES string of the molecule is O=C(CCN1C(=O)c2cccc3cccc(c23)C1=O)N1CCN(c2ccc(F)cc2)CC1. The summed E-state index contributed by atoms with van der Waals surface area (Å²) in [4.78, 5) is 43.8. The first-order valence-corrected chi connectivity index (χ1v) is 10.7. The van der Waals surface area contributed by atoms with Crippen molar-refractivity contribution in [2.75, 3.05) is 37.6 Å². The number of anilines is 1. The van der Waals surface area contributed by atoms with E-state index in [0.717, 1.165) is 11.1 Å². The van der Waals surface area contributed by atoms with Gasteiger partial charge in [0, 0.05) is 61.3 Å². The lowest BCUT2D eigenvalue weighted by atomic mass is 9.94. The molecule has 5 rings (SSSR count). The number of halogens is 1. The van der Waals surface area contributed by atoms with Gasteiger partial charge in [-0.25, -0.2) is 4.39 Å². The average molecular weight is 431 g/mol. The average Bonchev–Trinajstić information content (AvgIpc) is 2.83. The van der Waals surface area contributed by atoms with Crippen LogP contribution in [0, 0.1) is 5.82 Å². The molecular weight excluding hydrogens is 409 g/mol. The normalized spacial score (nSPS) is 16.1. The van der Waals surface area contributed by atoms with Gasteiger partial charge in [0.05, 0.1) is 0 Å². The van der Waals surface area contributed by atoms with Gasteiger partial charge < -0.3 is 9.80 Å². The predicted molar refractivity (Wildman–Crippen MR) is 119 cm³/mol. The summed E-state index contributed by atoms with van der Waals surface area (Å²) in [7, 11) is 0. The molecular formula is C25H22FN3O3. The number of imide groups is 1. The quantitative estimate of drug-likeness (QED) is 0.595. The number of hydrogen-bond donors (Lipinski definition) is 0. The Morgan fingerprint density at radius 1 is 0.812 bits per heavy atom. The third-order valence-corrected chi connectivity index (χ3v) is 6.23. The Bertz CT molecular complexity index is 1170. The van der Waals surface area contributed by atoms with Crippen molar-refractivity contribution in [2.24, 2.45) is 0 Å². The highest BCUT2D eigenvalue weighted by atomic mass is 19.1. The molecule has 0 atom stereocenters. The summed E-state index contributed by atoms with van der Waals surface area (Å²) in [6, 6.07) is 17.2. The summed E-state index contributed by atoms with van der Waals surface area (Å²) in [5.74, 6) is -1.06. The van der Waals surface area contributed by atoms with Gasteiger partial charge >= 0.3 is 0 Å². The van der Waals surface area contributed by atoms with Crippen LogP contribution in [0.3, 0.4) is 0 Å². The molecule has 162 valence electrons. The number of carbonyl (C=O) groups is 3. The van der Waals surface area contributed by atoms with Gasteiger partial charge in [0.15, 0.2) is 0 Å². The minimum Gasteiger partial charge on any atom is -0.368 e. The van der Waals surface area contributed by atoms with Crippen LogP contribution in [0.4, 0.5) is 10.1 Å². The molecule has 3 amide bonds. The van der Waals surface area contributed by atoms with Crippen LogP contribution < -0.4 is 4.90 Å². The van der Waals surface area contributed by atoms with E-state index < -0.39 is 0 Å². The van der Waals surface area contributed by atoms with Gasteiger partial charge in [-0.1, -0.05) is 24.3 Å². The van der Waals surface area contributed by atoms with E-state index in [1.165, 1.54) is 17.0 Å². The summed E-state index contributed by atoms with van der Waals surface area (Å²) in [6.07, 6.45) is 0.0895. The van der Waals surface area contributed by atoms with Crippen molar-refractivity contribution in [3.8, 4) is 0 Å². The van der Waals surface area contributed by atoms with Gasteiger partial charge in [-0.15, -0.1) is 0 Å². The molecule has 0 unspecified atom stereocenters. The first-order valence-electron chi connectivity index (χ1n) is 10.7. The fourth-order valence-corrected chi connectivity index (χ4v) is 4.52. The first kappa shape index (κ1) is 20.2. The van der Waals surface area contributed by atoms with E-state index in [4.69, 9.17) is 0 Å². The molecule has 1 fully saturated rings. The molecule has 6 nitrogen and oxygen atoms in total. The van der Waals surface area contributed by atoms with E-state index in [0.29, 0.717) is 42.7 Å². The molecule has 3 aromatic carbocycles. The highest BCUT2D eigenvalue weighted by molar-refractivity contribution is 6.25. The fraction of sp³-hybridized carbons (Fsp3) is 0.240. The number of carbonyl (C=O) groups excluding carboxylic acids is 3. The largest absolute Gasteiger partial charge is 0.368 e. The monoisotopic (exact) mass is 431 g/mol. The van der Waals surface area contributed by atoms with Crippen molar-refractivity contribution in [1.29, 1.82) is 0 Å². The van der Waals surface area contributed by atoms with Crippen LogP contribution in [0.25, 0.3) is 10.8 Å². The highest BCUT2D eigenvalue weighted by Gasteiger charge is 2.33. The Labute approximate surface area is 184 Å². The summed E-state index contributed by atoms with van der Waals surface area (Å²) < 4.78 is 13.1. The summed E-state index contributed by atoms with van der Waals surface area (Å²) in [5, 5.41) is 1.54. The molecule has 3 aromatic rings. The Kier molecular flexibility index (Phi) is 5.09. The number of nitrogens with zero attached hydrogens (tertiary/aromatic N) is 3. The van der Waals surface area contributed by atoms with E-state index in [1.54, 1.807) is 41.3 Å². The van der Waals surface area contributed by atoms with Gasteiger partial charge in [0.1, 0.15) is 5.82 Å². The molecule has 32 heavy (non-hydrogen) atoms. The van der Waals surface area contributed by atoms with Gasteiger partial charge in [0.25, 0.3) is 11.8 Å². The minimum absolute atomic E-state index is 0.0550. The van der Waals surface area contributed by atoms with Gasteiger partial charge in [-0.3, -0.25) is 19.3 Å². The van der Waals surface area contributed by atoms with E-state index in [-0.39, 0.29) is 36.5 Å². The molecule has 0 bridgehead atoms. The fourth-order valence-electron chi connectivity index (χ4n) is 4.52. The van der Waals surface area contributed by atoms with Crippen molar-refractivity contribution >= 4 is 34.2 Å². The number of amides is 3. The maximum absolute atomic E-state index is 13.1. The number of rotatable bonds is 4. The van der Waals surface area contributed by atoms with Gasteiger partial charge in [-0.2, -0.15) is 0 Å². The van der Waals surface area contributed by atoms with Crippen molar-refractivity contribution < 1.29 is 18.8 Å². The molecule has 1 saturated heterocycles. The van der Waals surface area contributed by atoms with Gasteiger partial charge in [-0.05, 0) is 41.8 Å². The van der Waals surface area contributed by atoms with Crippen molar-refractivity contribution in [2.45, 2.75) is 6.42 Å². The maximum Gasteiger partial charge on any atom is 0.261 e. The zero-order chi connectivity index (χ0) is 22.2. The number of piperazine rings is 1. The van der Waals surface area contributed by atoms with Crippen molar-refractivity contribution in [3.05, 3.63) is 77.6 Å². The van der Waals surface area contributed by atoms with E-state index in [1.807, 2.05) is 12.1 Å². The first-order chi connectivity index (χ1) is 15.5. The van der Waals surface area contributed by atoms with Crippen LogP contribution in [-0.2, 0) is 4.79 Å². The molecule has 2 heterocycles. The summed E-state index contributed by atoms with van der Waals surface area (Å²) in [6.45, 7) is 2.43. The molecule has 0 saturated carbocycles. The Morgan fingerprint density at radius 2 is 1.41 bits per heavy atom. The molecule has 2 aliphatic rings. The van der Waals surface area contributed by atoms with Crippen molar-refractivity contribution in [1.82, 2.24) is 9.80 Å². The molecule has 2 aliphatic heterocycles. The molecule has 7 heteroatoms. The van der Waals surface area contributed by atoms with Crippen LogP contribution in [0.2, 0.25) is 0 Å². The zero-order valence-electron chi connectivity index (χ0n) is 17.5. The second kappa shape index (κ2) is 8.07. The lowest BCUT2D eigenvalue weighted by Crippen LogP contribution is -2.50. The zero-order valence-corrected chi connectivity index (χ0v) is 17.5. The third kappa shape index (κ3) is 3.49. The number of hydrogen-bond acceptors (Lipinski definition) is 4. The predicted octanol–water partition coefficient (Wildman–Crippen LogP) is 3.31. The Balaban J connectivity index is 1.23. The molecule has 0 N–H and O–H groups in total.